The van der Waals surface area contributed by atoms with Crippen molar-refractivity contribution in [2.45, 2.75) is 4.90 Å². The maximum absolute atomic E-state index is 12.3. The van der Waals surface area contributed by atoms with Gasteiger partial charge in [0.15, 0.2) is 0 Å². The molecule has 0 atom stereocenters. The van der Waals surface area contributed by atoms with E-state index in [2.05, 4.69) is 10.3 Å². The number of carbonyl (C=O) groups is 1. The Balaban J connectivity index is 1.85. The molecule has 0 saturated heterocycles. The van der Waals surface area contributed by atoms with Crippen molar-refractivity contribution in [2.75, 3.05) is 12.4 Å². The predicted molar refractivity (Wildman–Crippen MR) is 97.6 cm³/mol. The minimum Gasteiger partial charge on any atom is -0.496 e. The van der Waals surface area contributed by atoms with Gasteiger partial charge in [0, 0.05) is 27.8 Å². The van der Waals surface area contributed by atoms with Gasteiger partial charge in [-0.05, 0) is 42.5 Å². The minimum absolute atomic E-state index is 0.267. The van der Waals surface area contributed by atoms with Crippen molar-refractivity contribution in [3.63, 3.8) is 0 Å². The second kappa shape index (κ2) is 5.72. The van der Waals surface area contributed by atoms with Gasteiger partial charge in [-0.15, -0.1) is 0 Å². The molecule has 0 radical (unpaired) electrons. The Morgan fingerprint density at radius 3 is 2.69 bits per heavy atom. The fraction of sp³-hybridized carbons (Fsp3) is 0.0556. The van der Waals surface area contributed by atoms with Crippen LogP contribution in [0, 0.1) is 0 Å². The van der Waals surface area contributed by atoms with Crippen molar-refractivity contribution in [1.82, 2.24) is 4.98 Å². The maximum atomic E-state index is 12.3. The molecule has 3 aromatic rings. The van der Waals surface area contributed by atoms with E-state index in [1.165, 1.54) is 18.2 Å². The highest BCUT2D eigenvalue weighted by molar-refractivity contribution is 7.85. The highest BCUT2D eigenvalue weighted by Crippen LogP contribution is 2.35. The van der Waals surface area contributed by atoms with E-state index < -0.39 is 10.1 Å². The third-order valence-corrected chi connectivity index (χ3v) is 5.09. The van der Waals surface area contributed by atoms with Gasteiger partial charge in [0.1, 0.15) is 5.75 Å². The van der Waals surface area contributed by atoms with Crippen molar-refractivity contribution < 1.29 is 22.5 Å². The Labute approximate surface area is 149 Å². The molecule has 8 heteroatoms. The molecule has 0 saturated carbocycles. The first-order valence-electron chi connectivity index (χ1n) is 7.67. The first kappa shape index (κ1) is 16.4. The van der Waals surface area contributed by atoms with E-state index in [9.17, 15) is 17.8 Å². The highest BCUT2D eigenvalue weighted by atomic mass is 32.2. The van der Waals surface area contributed by atoms with Gasteiger partial charge in [0.2, 0.25) is 0 Å². The molecule has 26 heavy (non-hydrogen) atoms. The first-order chi connectivity index (χ1) is 12.4. The predicted octanol–water partition coefficient (Wildman–Crippen LogP) is 2.92. The fourth-order valence-corrected chi connectivity index (χ4v) is 3.54. The molecule has 2 aromatic carbocycles. The number of carbonyl (C=O) groups excluding carboxylic acids is 1. The molecule has 1 aliphatic heterocycles. The summed E-state index contributed by atoms with van der Waals surface area (Å²) in [6.45, 7) is 0. The molecule has 132 valence electrons. The van der Waals surface area contributed by atoms with E-state index in [1.54, 1.807) is 13.2 Å². The molecule has 1 aliphatic rings. The second-order valence-corrected chi connectivity index (χ2v) is 7.26. The quantitative estimate of drug-likeness (QED) is 0.485. The number of anilines is 1. The van der Waals surface area contributed by atoms with Gasteiger partial charge in [-0.25, -0.2) is 0 Å². The Hall–Kier alpha value is -3.10. The summed E-state index contributed by atoms with van der Waals surface area (Å²) in [5.41, 5.74) is 2.72. The van der Waals surface area contributed by atoms with Crippen LogP contribution >= 0.6 is 0 Å². The summed E-state index contributed by atoms with van der Waals surface area (Å²) in [6.07, 6.45) is 1.63. The molecule has 0 unspecified atom stereocenters. The smallest absolute Gasteiger partial charge is 0.294 e. The van der Waals surface area contributed by atoms with Crippen molar-refractivity contribution in [2.24, 2.45) is 0 Å². The number of rotatable bonds is 3. The van der Waals surface area contributed by atoms with Gasteiger partial charge in [-0.1, -0.05) is 6.07 Å². The maximum Gasteiger partial charge on any atom is 0.294 e. The molecule has 0 spiro atoms. The van der Waals surface area contributed by atoms with Gasteiger partial charge in [0.05, 0.1) is 17.6 Å². The van der Waals surface area contributed by atoms with Crippen LogP contribution in [-0.2, 0) is 14.9 Å². The lowest BCUT2D eigenvalue weighted by Crippen LogP contribution is -2.03. The number of hydrogen-bond acceptors (Lipinski definition) is 4. The number of aromatic nitrogens is 1. The lowest BCUT2D eigenvalue weighted by molar-refractivity contribution is -0.110. The third kappa shape index (κ3) is 2.65. The summed E-state index contributed by atoms with van der Waals surface area (Å²) in [5, 5.41) is 3.55. The normalized spacial score (nSPS) is 15.3. The number of benzene rings is 2. The summed E-state index contributed by atoms with van der Waals surface area (Å²) in [6, 6.07) is 11.4. The molecule has 2 heterocycles. The van der Waals surface area contributed by atoms with Crippen LogP contribution in [0.4, 0.5) is 5.69 Å². The van der Waals surface area contributed by atoms with Crippen LogP contribution in [0.5, 0.6) is 5.75 Å². The van der Waals surface area contributed by atoms with E-state index in [0.717, 1.165) is 10.9 Å². The molecular weight excluding hydrogens is 356 g/mol. The summed E-state index contributed by atoms with van der Waals surface area (Å²) in [7, 11) is -2.78. The molecule has 7 nitrogen and oxygen atoms in total. The lowest BCUT2D eigenvalue weighted by Gasteiger charge is -2.01. The zero-order chi connectivity index (χ0) is 18.5. The molecule has 4 rings (SSSR count). The van der Waals surface area contributed by atoms with E-state index >= 15 is 0 Å². The Morgan fingerprint density at radius 1 is 1.15 bits per heavy atom. The van der Waals surface area contributed by atoms with E-state index in [1.807, 2.05) is 24.3 Å². The molecule has 0 bridgehead atoms. The van der Waals surface area contributed by atoms with Gasteiger partial charge >= 0.3 is 0 Å². The Morgan fingerprint density at radius 2 is 1.96 bits per heavy atom. The van der Waals surface area contributed by atoms with Gasteiger partial charge in [-0.3, -0.25) is 9.35 Å². The van der Waals surface area contributed by atoms with Crippen LogP contribution in [0.1, 0.15) is 11.3 Å². The number of amides is 1. The SMILES string of the molecule is COc1cccc2[nH]c(C=C3C(=O)Nc4ccc(S(=O)(=O)O)cc43)cc12. The third-order valence-electron chi connectivity index (χ3n) is 4.24. The van der Waals surface area contributed by atoms with Crippen LogP contribution in [0.3, 0.4) is 0 Å². The number of ether oxygens (including phenoxy) is 1. The van der Waals surface area contributed by atoms with Crippen LogP contribution < -0.4 is 10.1 Å². The second-order valence-electron chi connectivity index (χ2n) is 5.84. The van der Waals surface area contributed by atoms with E-state index in [-0.39, 0.29) is 10.8 Å². The zero-order valence-corrected chi connectivity index (χ0v) is 14.4. The van der Waals surface area contributed by atoms with Gasteiger partial charge in [0.25, 0.3) is 16.0 Å². The summed E-state index contributed by atoms with van der Waals surface area (Å²) < 4.78 is 37.3. The van der Waals surface area contributed by atoms with Crippen LogP contribution in [0.25, 0.3) is 22.6 Å². The fourth-order valence-electron chi connectivity index (χ4n) is 3.03. The molecule has 1 amide bonds. The number of H-pyrrole nitrogens is 1. The standard InChI is InChI=1S/C18H14N2O5S/c1-25-17-4-2-3-15-14(17)8-10(19-15)7-13-12-9-11(26(22,23)24)5-6-16(12)20-18(13)21/h2-9,19H,1H3,(H,20,21)(H,22,23,24). The summed E-state index contributed by atoms with van der Waals surface area (Å²) >= 11 is 0. The number of aromatic amines is 1. The van der Waals surface area contributed by atoms with Crippen LogP contribution in [0.15, 0.2) is 47.4 Å². The van der Waals surface area contributed by atoms with Crippen molar-refractivity contribution in [1.29, 1.82) is 0 Å². The topological polar surface area (TPSA) is 108 Å². The molecule has 1 aromatic heterocycles. The molecular formula is C18H14N2O5S. The minimum atomic E-state index is -4.36. The number of methoxy groups -OCH3 is 1. The molecule has 3 N–H and O–H groups in total. The average molecular weight is 370 g/mol. The lowest BCUT2D eigenvalue weighted by atomic mass is 10.1. The van der Waals surface area contributed by atoms with Crippen LogP contribution in [-0.4, -0.2) is 31.0 Å². The van der Waals surface area contributed by atoms with Crippen molar-refractivity contribution in [3.05, 3.63) is 53.7 Å². The van der Waals surface area contributed by atoms with Crippen molar-refractivity contribution in [3.8, 4) is 5.75 Å². The summed E-state index contributed by atoms with van der Waals surface area (Å²) in [5.74, 6) is 0.353. The van der Waals surface area contributed by atoms with Gasteiger partial charge in [-0.2, -0.15) is 8.42 Å². The molecule has 0 aliphatic carbocycles. The zero-order valence-electron chi connectivity index (χ0n) is 13.6. The summed E-state index contributed by atoms with van der Waals surface area (Å²) in [4.78, 5) is 15.2. The number of nitrogens with one attached hydrogen (secondary N) is 2. The first-order valence-corrected chi connectivity index (χ1v) is 9.11. The molecule has 0 fully saturated rings. The monoisotopic (exact) mass is 370 g/mol. The van der Waals surface area contributed by atoms with E-state index in [0.29, 0.717) is 28.3 Å². The Kier molecular flexibility index (Phi) is 3.60. The van der Waals surface area contributed by atoms with Gasteiger partial charge < -0.3 is 15.0 Å². The highest BCUT2D eigenvalue weighted by Gasteiger charge is 2.26. The average Bonchev–Trinajstić information content (AvgIpc) is 3.14. The number of fused-ring (bicyclic) bond motifs is 2. The largest absolute Gasteiger partial charge is 0.496 e. The number of hydrogen-bond donors (Lipinski definition) is 3. The van der Waals surface area contributed by atoms with E-state index in [4.69, 9.17) is 4.74 Å². The Bertz CT molecular complexity index is 1190. The van der Waals surface area contributed by atoms with Crippen LogP contribution in [0.2, 0.25) is 0 Å². The van der Waals surface area contributed by atoms with Crippen molar-refractivity contribution >= 4 is 44.3 Å².